The third-order valence-electron chi connectivity index (χ3n) is 18.2. The Bertz CT molecular complexity index is 5520. The highest BCUT2D eigenvalue weighted by Crippen LogP contribution is 2.51. The average molecular weight is 1210 g/mol. The first-order valence-electron chi connectivity index (χ1n) is 31.7. The molecule has 5 heterocycles. The minimum Gasteiger partial charge on any atom is -0.398 e. The number of nitrogens with zero attached hydrogens (tertiary/aromatic N) is 8. The molecule has 444 valence electrons. The molecule has 15 aromatic rings. The molecule has 0 fully saturated rings. The summed E-state index contributed by atoms with van der Waals surface area (Å²) < 4.78 is 4.73. The van der Waals surface area contributed by atoms with Crippen LogP contribution in [0, 0.1) is 0 Å². The van der Waals surface area contributed by atoms with E-state index in [1.165, 1.54) is 21.5 Å². The van der Waals surface area contributed by atoms with Crippen LogP contribution in [0.5, 0.6) is 0 Å². The number of benzene rings is 11. The van der Waals surface area contributed by atoms with E-state index in [1.807, 2.05) is 115 Å². The van der Waals surface area contributed by atoms with Crippen molar-refractivity contribution in [2.24, 2.45) is 10.7 Å². The van der Waals surface area contributed by atoms with E-state index in [-0.39, 0.29) is 12.0 Å². The Morgan fingerprint density at radius 1 is 0.426 bits per heavy atom. The van der Waals surface area contributed by atoms with E-state index in [0.717, 1.165) is 101 Å². The van der Waals surface area contributed by atoms with E-state index in [9.17, 15) is 0 Å². The zero-order valence-corrected chi connectivity index (χ0v) is 51.1. The van der Waals surface area contributed by atoms with Gasteiger partial charge >= 0.3 is 0 Å². The SMILES string of the molecule is C=C(N=C(/C=C(\N)c1ccccc1)c1ccccc1)c1cc(-c2nc(-c3ccccc3)cc(-c3ccccc3)n2)nc(N2c3ccc(-c4ccc5c(c4)c4ccccc4n5-c4ccccc4)cc3C3C=C(c4ccc5c(c4)c4ccccc4n5-c4ccccc4)C=CC32)n1. The van der Waals surface area contributed by atoms with Gasteiger partial charge in [0.25, 0.3) is 0 Å². The van der Waals surface area contributed by atoms with Gasteiger partial charge in [-0.25, -0.2) is 24.9 Å². The Kier molecular flexibility index (Phi) is 13.8. The van der Waals surface area contributed by atoms with Gasteiger partial charge in [0.15, 0.2) is 5.82 Å². The maximum absolute atomic E-state index is 6.91. The number of aliphatic imine (C=N–C) groups is 1. The second-order valence-corrected chi connectivity index (χ2v) is 23.9. The van der Waals surface area contributed by atoms with Crippen LogP contribution < -0.4 is 10.6 Å². The smallest absolute Gasteiger partial charge is 0.231 e. The van der Waals surface area contributed by atoms with Gasteiger partial charge in [-0.3, -0.25) is 0 Å². The van der Waals surface area contributed by atoms with E-state index in [2.05, 4.69) is 220 Å². The summed E-state index contributed by atoms with van der Waals surface area (Å²) in [5.41, 5.74) is 28.2. The lowest BCUT2D eigenvalue weighted by Crippen LogP contribution is -2.30. The Morgan fingerprint density at radius 2 is 0.915 bits per heavy atom. The number of hydrogen-bond acceptors (Lipinski definition) is 7. The molecule has 17 rings (SSSR count). The van der Waals surface area contributed by atoms with Crippen LogP contribution in [0.25, 0.3) is 117 Å². The van der Waals surface area contributed by atoms with Gasteiger partial charge in [0.05, 0.1) is 56.6 Å². The van der Waals surface area contributed by atoms with Crippen molar-refractivity contribution >= 4 is 77.9 Å². The van der Waals surface area contributed by atoms with Gasteiger partial charge < -0.3 is 19.8 Å². The zero-order chi connectivity index (χ0) is 62.6. The maximum atomic E-state index is 6.91. The lowest BCUT2D eigenvalue weighted by Gasteiger charge is -2.28. The third-order valence-corrected chi connectivity index (χ3v) is 18.2. The number of rotatable bonds is 13. The monoisotopic (exact) mass is 1210 g/mol. The number of aromatic nitrogens is 6. The third kappa shape index (κ3) is 9.96. The van der Waals surface area contributed by atoms with Crippen LogP contribution in [0.3, 0.4) is 0 Å². The van der Waals surface area contributed by atoms with Crippen LogP contribution in [0.2, 0.25) is 0 Å². The molecule has 9 heteroatoms. The molecule has 0 radical (unpaired) electrons. The fourth-order valence-corrected chi connectivity index (χ4v) is 13.8. The van der Waals surface area contributed by atoms with Crippen LogP contribution in [-0.2, 0) is 0 Å². The number of hydrogen-bond donors (Lipinski definition) is 1. The highest BCUT2D eigenvalue weighted by Gasteiger charge is 2.41. The van der Waals surface area contributed by atoms with Gasteiger partial charge in [-0.2, -0.15) is 0 Å². The molecule has 0 saturated heterocycles. The van der Waals surface area contributed by atoms with Crippen molar-refractivity contribution in [3.05, 3.63) is 356 Å². The van der Waals surface area contributed by atoms with E-state index in [0.29, 0.717) is 40.3 Å². The summed E-state index contributed by atoms with van der Waals surface area (Å²) in [5, 5.41) is 4.78. The van der Waals surface area contributed by atoms with Crippen molar-refractivity contribution in [2.45, 2.75) is 12.0 Å². The minimum atomic E-state index is -0.256. The largest absolute Gasteiger partial charge is 0.398 e. The summed E-state index contributed by atoms with van der Waals surface area (Å²) in [4.78, 5) is 29.5. The molecular formula is C85H59N9. The van der Waals surface area contributed by atoms with Crippen molar-refractivity contribution in [1.82, 2.24) is 29.1 Å². The number of fused-ring (bicyclic) bond motifs is 9. The number of anilines is 2. The van der Waals surface area contributed by atoms with Crippen molar-refractivity contribution in [3.8, 4) is 56.5 Å². The Balaban J connectivity index is 0.859. The molecule has 4 aromatic heterocycles. The molecule has 0 spiro atoms. The average Bonchev–Trinajstić information content (AvgIpc) is 1.58. The maximum Gasteiger partial charge on any atom is 0.231 e. The highest BCUT2D eigenvalue weighted by atomic mass is 15.3. The molecule has 2 atom stereocenters. The Morgan fingerprint density at radius 3 is 1.51 bits per heavy atom. The standard InChI is InChI=1S/C85H59N9/c1-55(87-74(57-26-10-3-11-27-57)52-72(86)56-24-8-2-9-25-56)73-53-77(84-88-75(58-28-12-4-13-29-58)54-76(89-84)59-30-14-5-15-31-59)91-85(90-73)94-82-46-42-62(60-40-44-80-68(48-60)66-36-20-22-38-78(66)92(80)64-32-16-6-17-33-64)50-70(82)71-51-63(43-47-83(71)94)61-41-45-81-69(49-61)67-37-21-23-39-79(67)93(81)65-34-18-7-19-35-65/h2-54,70,82H,1,86H2/b72-52-,87-74?. The van der Waals surface area contributed by atoms with Crippen LogP contribution in [-0.4, -0.2) is 40.8 Å². The normalized spacial score (nSPS) is 14.6. The van der Waals surface area contributed by atoms with Crippen LogP contribution in [0.4, 0.5) is 11.6 Å². The second-order valence-electron chi connectivity index (χ2n) is 23.9. The summed E-state index contributed by atoms with van der Waals surface area (Å²) >= 11 is 0. The molecule has 1 aliphatic carbocycles. The number of nitrogens with two attached hydrogens (primary N) is 1. The molecular weight excluding hydrogens is 1150 g/mol. The number of para-hydroxylation sites is 4. The predicted octanol–water partition coefficient (Wildman–Crippen LogP) is 19.8. The summed E-state index contributed by atoms with van der Waals surface area (Å²) in [6.45, 7) is 4.70. The first kappa shape index (κ1) is 55.5. The minimum absolute atomic E-state index is 0.143. The lowest BCUT2D eigenvalue weighted by molar-refractivity contribution is 0.731. The van der Waals surface area contributed by atoms with Gasteiger partial charge in [0, 0.05) is 66.9 Å². The van der Waals surface area contributed by atoms with E-state index in [4.69, 9.17) is 37.2 Å². The fourth-order valence-electron chi connectivity index (χ4n) is 13.8. The van der Waals surface area contributed by atoms with Crippen LogP contribution in [0.15, 0.2) is 333 Å². The molecule has 0 saturated carbocycles. The Hall–Kier alpha value is -12.6. The van der Waals surface area contributed by atoms with Gasteiger partial charge in [-0.1, -0.05) is 237 Å². The quantitative estimate of drug-likeness (QED) is 0.115. The highest BCUT2D eigenvalue weighted by molar-refractivity contribution is 6.14. The van der Waals surface area contributed by atoms with E-state index in [1.54, 1.807) is 0 Å². The molecule has 2 unspecified atom stereocenters. The molecule has 9 nitrogen and oxygen atoms in total. The molecule has 2 N–H and O–H groups in total. The molecule has 1 aliphatic heterocycles. The topological polar surface area (TPSA) is 103 Å². The Labute approximate surface area is 544 Å². The van der Waals surface area contributed by atoms with Gasteiger partial charge in [0.1, 0.15) is 5.69 Å². The van der Waals surface area contributed by atoms with Gasteiger partial charge in [-0.15, -0.1) is 0 Å². The molecule has 2 aliphatic rings. The predicted molar refractivity (Wildman–Crippen MR) is 387 cm³/mol. The summed E-state index contributed by atoms with van der Waals surface area (Å²) in [6, 6.07) is 103. The van der Waals surface area contributed by atoms with Crippen LogP contribution in [0.1, 0.15) is 33.9 Å². The first-order chi connectivity index (χ1) is 46.4. The van der Waals surface area contributed by atoms with Crippen molar-refractivity contribution in [3.63, 3.8) is 0 Å². The molecule has 0 bridgehead atoms. The fraction of sp³-hybridized carbons (Fsp3) is 0.0235. The van der Waals surface area contributed by atoms with Crippen molar-refractivity contribution < 1.29 is 0 Å². The van der Waals surface area contributed by atoms with Gasteiger partial charge in [-0.05, 0) is 124 Å². The van der Waals surface area contributed by atoms with Crippen molar-refractivity contribution in [2.75, 3.05) is 4.90 Å². The second kappa shape index (κ2) is 23.3. The first-order valence-corrected chi connectivity index (χ1v) is 31.7. The van der Waals surface area contributed by atoms with E-state index >= 15 is 0 Å². The summed E-state index contributed by atoms with van der Waals surface area (Å²) in [7, 11) is 0. The van der Waals surface area contributed by atoms with Gasteiger partial charge in [0.2, 0.25) is 5.95 Å². The lowest BCUT2D eigenvalue weighted by atomic mass is 9.85. The zero-order valence-electron chi connectivity index (χ0n) is 51.1. The molecule has 0 amide bonds. The molecule has 11 aromatic carbocycles. The van der Waals surface area contributed by atoms with E-state index < -0.39 is 0 Å². The number of allylic oxidation sites excluding steroid dienone is 3. The summed E-state index contributed by atoms with van der Waals surface area (Å²) in [5.74, 6) is 0.738. The molecule has 94 heavy (non-hydrogen) atoms. The van der Waals surface area contributed by atoms with Crippen molar-refractivity contribution in [1.29, 1.82) is 0 Å². The van der Waals surface area contributed by atoms with Crippen LogP contribution >= 0.6 is 0 Å². The summed E-state index contributed by atoms with van der Waals surface area (Å²) in [6.07, 6.45) is 8.96.